The Balaban J connectivity index is 2.03. The van der Waals surface area contributed by atoms with Crippen molar-refractivity contribution >= 4 is 21.5 Å². The Labute approximate surface area is 125 Å². The number of esters is 1. The summed E-state index contributed by atoms with van der Waals surface area (Å²) in [6.07, 6.45) is 1.53. The molecule has 1 aromatic carbocycles. The fourth-order valence-electron chi connectivity index (χ4n) is 2.57. The van der Waals surface area contributed by atoms with E-state index in [2.05, 4.69) is 4.90 Å². The molecule has 1 aliphatic rings. The number of methoxy groups -OCH3 is 1. The molecule has 5 nitrogen and oxygen atoms in total. The molecule has 1 aromatic rings. The molecule has 0 N–H and O–H groups in total. The van der Waals surface area contributed by atoms with E-state index in [-0.39, 0.29) is 17.6 Å². The first-order valence-electron chi connectivity index (χ1n) is 7.13. The number of ether oxygens (including phenoxy) is 1. The number of sulfone groups is 1. The van der Waals surface area contributed by atoms with Crippen molar-refractivity contribution in [2.24, 2.45) is 5.92 Å². The van der Waals surface area contributed by atoms with Crippen LogP contribution in [-0.4, -0.2) is 40.3 Å². The number of nitrogens with zero attached hydrogens (tertiary/aromatic N) is 1. The lowest BCUT2D eigenvalue weighted by atomic mass is 9.96. The highest BCUT2D eigenvalue weighted by molar-refractivity contribution is 7.91. The van der Waals surface area contributed by atoms with E-state index in [4.69, 9.17) is 4.74 Å². The first kappa shape index (κ1) is 15.8. The summed E-state index contributed by atoms with van der Waals surface area (Å²) in [5, 5.41) is 0. The van der Waals surface area contributed by atoms with Gasteiger partial charge in [-0.1, -0.05) is 6.92 Å². The maximum atomic E-state index is 11.8. The smallest absolute Gasteiger partial charge is 0.308 e. The highest BCUT2D eigenvalue weighted by Crippen LogP contribution is 2.25. The molecule has 0 amide bonds. The number of rotatable bonds is 4. The molecule has 0 radical (unpaired) electrons. The van der Waals surface area contributed by atoms with Crippen LogP contribution in [0.5, 0.6) is 0 Å². The zero-order valence-corrected chi connectivity index (χ0v) is 13.2. The van der Waals surface area contributed by atoms with Crippen LogP contribution in [-0.2, 0) is 19.4 Å². The summed E-state index contributed by atoms with van der Waals surface area (Å²) < 4.78 is 28.3. The number of carbonyl (C=O) groups excluding carboxylic acids is 1. The fraction of sp³-hybridized carbons (Fsp3) is 0.533. The van der Waals surface area contributed by atoms with E-state index in [0.717, 1.165) is 31.6 Å². The quantitative estimate of drug-likeness (QED) is 0.794. The lowest BCUT2D eigenvalue weighted by Crippen LogP contribution is -2.36. The van der Waals surface area contributed by atoms with E-state index in [1.165, 1.54) is 7.11 Å². The van der Waals surface area contributed by atoms with Gasteiger partial charge in [-0.15, -0.1) is 0 Å². The summed E-state index contributed by atoms with van der Waals surface area (Å²) >= 11 is 0. The van der Waals surface area contributed by atoms with Crippen molar-refractivity contribution in [2.75, 3.05) is 30.9 Å². The third-order valence-electron chi connectivity index (χ3n) is 3.97. The minimum absolute atomic E-state index is 0.0222. The molecule has 0 spiro atoms. The Morgan fingerprint density at radius 2 is 1.81 bits per heavy atom. The third kappa shape index (κ3) is 3.56. The molecule has 116 valence electrons. The van der Waals surface area contributed by atoms with Crippen molar-refractivity contribution in [2.45, 2.75) is 24.7 Å². The van der Waals surface area contributed by atoms with Crippen LogP contribution in [0.2, 0.25) is 0 Å². The summed E-state index contributed by atoms with van der Waals surface area (Å²) in [5.41, 5.74) is 0.994. The molecular weight excluding hydrogens is 290 g/mol. The monoisotopic (exact) mass is 311 g/mol. The number of hydrogen-bond acceptors (Lipinski definition) is 5. The largest absolute Gasteiger partial charge is 0.469 e. The van der Waals surface area contributed by atoms with E-state index in [1.54, 1.807) is 19.1 Å². The Kier molecular flexibility index (Phi) is 4.88. The summed E-state index contributed by atoms with van der Waals surface area (Å²) in [6, 6.07) is 6.98. The maximum Gasteiger partial charge on any atom is 0.308 e. The zero-order valence-electron chi connectivity index (χ0n) is 12.4. The van der Waals surface area contributed by atoms with Crippen LogP contribution in [0.1, 0.15) is 19.8 Å². The van der Waals surface area contributed by atoms with E-state index in [0.29, 0.717) is 4.90 Å². The Bertz CT molecular complexity index is 587. The normalized spacial score (nSPS) is 16.8. The molecule has 0 aromatic heterocycles. The molecule has 0 bridgehead atoms. The van der Waals surface area contributed by atoms with Crippen molar-refractivity contribution < 1.29 is 17.9 Å². The van der Waals surface area contributed by atoms with Gasteiger partial charge >= 0.3 is 5.97 Å². The highest BCUT2D eigenvalue weighted by Gasteiger charge is 2.25. The van der Waals surface area contributed by atoms with Gasteiger partial charge in [-0.05, 0) is 37.1 Å². The molecule has 1 aliphatic heterocycles. The molecule has 6 heteroatoms. The van der Waals surface area contributed by atoms with Crippen LogP contribution in [0.25, 0.3) is 0 Å². The van der Waals surface area contributed by atoms with Gasteiger partial charge in [0.15, 0.2) is 9.84 Å². The highest BCUT2D eigenvalue weighted by atomic mass is 32.2. The standard InChI is InChI=1S/C15H21NO4S/c1-3-21(18,19)14-6-4-13(5-7-14)16-10-8-12(9-11-16)15(17)20-2/h4-7,12H,3,8-11H2,1-2H3. The Morgan fingerprint density at radius 3 is 2.29 bits per heavy atom. The number of anilines is 1. The molecule has 0 unspecified atom stereocenters. The second kappa shape index (κ2) is 6.47. The van der Waals surface area contributed by atoms with Crippen LogP contribution in [0.15, 0.2) is 29.2 Å². The van der Waals surface area contributed by atoms with Crippen LogP contribution in [0.4, 0.5) is 5.69 Å². The Morgan fingerprint density at radius 1 is 1.24 bits per heavy atom. The topological polar surface area (TPSA) is 63.7 Å². The second-order valence-electron chi connectivity index (χ2n) is 5.18. The molecule has 2 rings (SSSR count). The number of piperidine rings is 1. The van der Waals surface area contributed by atoms with Crippen LogP contribution >= 0.6 is 0 Å². The van der Waals surface area contributed by atoms with E-state index in [9.17, 15) is 13.2 Å². The van der Waals surface area contributed by atoms with Gasteiger partial charge in [-0.2, -0.15) is 0 Å². The van der Waals surface area contributed by atoms with Gasteiger partial charge in [0.25, 0.3) is 0 Å². The first-order chi connectivity index (χ1) is 9.97. The average Bonchev–Trinajstić information content (AvgIpc) is 2.54. The molecule has 21 heavy (non-hydrogen) atoms. The zero-order chi connectivity index (χ0) is 15.5. The van der Waals surface area contributed by atoms with Crippen molar-refractivity contribution in [1.82, 2.24) is 0 Å². The van der Waals surface area contributed by atoms with Crippen LogP contribution in [0, 0.1) is 5.92 Å². The lowest BCUT2D eigenvalue weighted by molar-refractivity contribution is -0.146. The lowest BCUT2D eigenvalue weighted by Gasteiger charge is -2.32. The molecule has 0 saturated carbocycles. The summed E-state index contributed by atoms with van der Waals surface area (Å²) in [4.78, 5) is 14.0. The summed E-state index contributed by atoms with van der Waals surface area (Å²) in [7, 11) is -1.73. The Hall–Kier alpha value is -1.56. The first-order valence-corrected chi connectivity index (χ1v) is 8.78. The van der Waals surface area contributed by atoms with Crippen LogP contribution < -0.4 is 4.90 Å². The minimum Gasteiger partial charge on any atom is -0.469 e. The number of hydrogen-bond donors (Lipinski definition) is 0. The summed E-state index contributed by atoms with van der Waals surface area (Å²) in [6.45, 7) is 3.19. The van der Waals surface area contributed by atoms with Gasteiger partial charge in [-0.25, -0.2) is 8.42 Å². The second-order valence-corrected chi connectivity index (χ2v) is 7.46. The summed E-state index contributed by atoms with van der Waals surface area (Å²) in [5.74, 6) is -0.0540. The minimum atomic E-state index is -3.15. The van der Waals surface area contributed by atoms with Crippen LogP contribution in [0.3, 0.4) is 0 Å². The van der Waals surface area contributed by atoms with Gasteiger partial charge in [-0.3, -0.25) is 4.79 Å². The van der Waals surface area contributed by atoms with Gasteiger partial charge in [0.1, 0.15) is 0 Å². The molecule has 1 heterocycles. The van der Waals surface area contributed by atoms with Gasteiger partial charge < -0.3 is 9.64 Å². The fourth-order valence-corrected chi connectivity index (χ4v) is 3.46. The third-order valence-corrected chi connectivity index (χ3v) is 5.72. The van der Waals surface area contributed by atoms with Crippen molar-refractivity contribution in [3.63, 3.8) is 0 Å². The van der Waals surface area contributed by atoms with Gasteiger partial charge in [0, 0.05) is 18.8 Å². The maximum absolute atomic E-state index is 11.8. The van der Waals surface area contributed by atoms with Crippen molar-refractivity contribution in [1.29, 1.82) is 0 Å². The number of benzene rings is 1. The van der Waals surface area contributed by atoms with Gasteiger partial charge in [0.2, 0.25) is 0 Å². The van der Waals surface area contributed by atoms with Gasteiger partial charge in [0.05, 0.1) is 23.7 Å². The molecular formula is C15H21NO4S. The molecule has 0 aliphatic carbocycles. The predicted octanol–water partition coefficient (Wildman–Crippen LogP) is 1.87. The number of carbonyl (C=O) groups is 1. The van der Waals surface area contributed by atoms with Crippen molar-refractivity contribution in [3.8, 4) is 0 Å². The molecule has 0 atom stereocenters. The van der Waals surface area contributed by atoms with E-state index in [1.807, 2.05) is 12.1 Å². The molecule has 1 fully saturated rings. The molecule has 1 saturated heterocycles. The van der Waals surface area contributed by atoms with E-state index < -0.39 is 9.84 Å². The predicted molar refractivity (Wildman–Crippen MR) is 81.1 cm³/mol. The SMILES string of the molecule is CCS(=O)(=O)c1ccc(N2CCC(C(=O)OC)CC2)cc1. The average molecular weight is 311 g/mol. The van der Waals surface area contributed by atoms with E-state index >= 15 is 0 Å². The van der Waals surface area contributed by atoms with Crippen molar-refractivity contribution in [3.05, 3.63) is 24.3 Å².